The molecular formula is C20H32O5. The number of aliphatic hydroxyl groups is 2. The monoisotopic (exact) mass is 352 g/mol. The first-order valence-electron chi connectivity index (χ1n) is 9.39. The maximum absolute atomic E-state index is 11.9. The lowest BCUT2D eigenvalue weighted by atomic mass is 9.89. The van der Waals surface area contributed by atoms with Gasteiger partial charge in [-0.3, -0.25) is 9.59 Å². The first kappa shape index (κ1) is 21.6. The molecular weight excluding hydrogens is 320 g/mol. The number of carbonyl (C=O) groups excluding carboxylic acids is 1. The molecule has 0 aromatic carbocycles. The van der Waals surface area contributed by atoms with Crippen molar-refractivity contribution in [2.45, 2.75) is 76.9 Å². The molecule has 5 nitrogen and oxygen atoms in total. The number of hydrogen-bond acceptors (Lipinski definition) is 4. The number of carboxylic acids is 1. The predicted molar refractivity (Wildman–Crippen MR) is 97.1 cm³/mol. The molecule has 1 saturated carbocycles. The predicted octanol–water partition coefficient (Wildman–Crippen LogP) is 3.25. The largest absolute Gasteiger partial charge is 0.481 e. The van der Waals surface area contributed by atoms with E-state index in [1.54, 1.807) is 12.2 Å². The summed E-state index contributed by atoms with van der Waals surface area (Å²) in [4.78, 5) is 22.3. The topological polar surface area (TPSA) is 94.8 Å². The third kappa shape index (κ3) is 8.45. The first-order valence-corrected chi connectivity index (χ1v) is 9.39. The second-order valence-electron chi connectivity index (χ2n) is 6.89. The van der Waals surface area contributed by atoms with Crippen molar-refractivity contribution in [1.82, 2.24) is 0 Å². The van der Waals surface area contributed by atoms with Gasteiger partial charge in [0.1, 0.15) is 0 Å². The van der Waals surface area contributed by atoms with Gasteiger partial charge in [-0.25, -0.2) is 0 Å². The Hall–Kier alpha value is -1.46. The number of hydrogen-bond donors (Lipinski definition) is 3. The highest BCUT2D eigenvalue weighted by Gasteiger charge is 2.39. The van der Waals surface area contributed by atoms with Crippen LogP contribution < -0.4 is 0 Å². The summed E-state index contributed by atoms with van der Waals surface area (Å²) in [6.45, 7) is 2.09. The van der Waals surface area contributed by atoms with Crippen molar-refractivity contribution in [3.8, 4) is 0 Å². The van der Waals surface area contributed by atoms with Gasteiger partial charge in [0.25, 0.3) is 0 Å². The van der Waals surface area contributed by atoms with E-state index in [1.165, 1.54) is 0 Å². The highest BCUT2D eigenvalue weighted by atomic mass is 16.4. The van der Waals surface area contributed by atoms with Gasteiger partial charge in [0, 0.05) is 25.2 Å². The van der Waals surface area contributed by atoms with Gasteiger partial charge < -0.3 is 15.3 Å². The number of carboxylic acid groups (broad SMARTS) is 1. The van der Waals surface area contributed by atoms with E-state index in [9.17, 15) is 19.8 Å². The molecule has 0 amide bonds. The Kier molecular flexibility index (Phi) is 10.3. The molecule has 3 N–H and O–H groups in total. The van der Waals surface area contributed by atoms with Gasteiger partial charge >= 0.3 is 5.97 Å². The molecule has 0 heterocycles. The van der Waals surface area contributed by atoms with Gasteiger partial charge in [-0.1, -0.05) is 38.0 Å². The molecule has 0 unspecified atom stereocenters. The van der Waals surface area contributed by atoms with E-state index in [0.29, 0.717) is 32.1 Å². The van der Waals surface area contributed by atoms with Crippen LogP contribution in [-0.4, -0.2) is 39.3 Å². The van der Waals surface area contributed by atoms with Crippen LogP contribution in [0.2, 0.25) is 0 Å². The molecule has 0 radical (unpaired) electrons. The molecule has 0 aromatic rings. The molecule has 1 aliphatic rings. The normalized spacial score (nSPS) is 26.7. The van der Waals surface area contributed by atoms with Crippen molar-refractivity contribution in [2.75, 3.05) is 0 Å². The zero-order valence-corrected chi connectivity index (χ0v) is 15.1. The lowest BCUT2D eigenvalue weighted by molar-refractivity contribution is -0.137. The molecule has 1 rings (SSSR count). The Morgan fingerprint density at radius 2 is 1.80 bits per heavy atom. The summed E-state index contributed by atoms with van der Waals surface area (Å²) >= 11 is 0. The van der Waals surface area contributed by atoms with Crippen LogP contribution in [0.15, 0.2) is 24.3 Å². The van der Waals surface area contributed by atoms with Crippen molar-refractivity contribution in [1.29, 1.82) is 0 Å². The molecule has 0 spiro atoms. The summed E-state index contributed by atoms with van der Waals surface area (Å²) in [6, 6.07) is 0. The Labute approximate surface area is 150 Å². The number of aliphatic hydroxyl groups excluding tert-OH is 2. The second-order valence-corrected chi connectivity index (χ2v) is 6.89. The van der Waals surface area contributed by atoms with E-state index in [-0.39, 0.29) is 24.0 Å². The van der Waals surface area contributed by atoms with E-state index < -0.39 is 18.2 Å². The van der Waals surface area contributed by atoms with Crippen LogP contribution in [0.25, 0.3) is 0 Å². The van der Waals surface area contributed by atoms with Gasteiger partial charge in [0.2, 0.25) is 0 Å². The average molecular weight is 352 g/mol. The van der Waals surface area contributed by atoms with Crippen molar-refractivity contribution in [3.63, 3.8) is 0 Å². The Balaban J connectivity index is 2.48. The average Bonchev–Trinajstić information content (AvgIpc) is 2.82. The van der Waals surface area contributed by atoms with Gasteiger partial charge in [-0.2, -0.15) is 0 Å². The molecule has 142 valence electrons. The quantitative estimate of drug-likeness (QED) is 0.285. The minimum atomic E-state index is -0.795. The molecule has 0 aromatic heterocycles. The zero-order chi connectivity index (χ0) is 18.7. The highest BCUT2D eigenvalue weighted by molar-refractivity contribution is 5.89. The maximum Gasteiger partial charge on any atom is 0.303 e. The molecule has 4 atom stereocenters. The van der Waals surface area contributed by atoms with Crippen LogP contribution in [-0.2, 0) is 9.59 Å². The Bertz CT molecular complexity index is 469. The van der Waals surface area contributed by atoms with Crippen LogP contribution in [0, 0.1) is 11.8 Å². The van der Waals surface area contributed by atoms with E-state index in [1.807, 2.05) is 12.2 Å². The van der Waals surface area contributed by atoms with E-state index >= 15 is 0 Å². The lowest BCUT2D eigenvalue weighted by Gasteiger charge is -2.19. The highest BCUT2D eigenvalue weighted by Crippen LogP contribution is 2.36. The maximum atomic E-state index is 11.9. The number of unbranched alkanes of at least 4 members (excludes halogenated alkanes) is 3. The molecule has 0 saturated heterocycles. The van der Waals surface area contributed by atoms with Crippen molar-refractivity contribution < 1.29 is 24.9 Å². The summed E-state index contributed by atoms with van der Waals surface area (Å²) in [5.74, 6) is -1.04. The Morgan fingerprint density at radius 3 is 2.48 bits per heavy atom. The smallest absolute Gasteiger partial charge is 0.303 e. The van der Waals surface area contributed by atoms with Gasteiger partial charge in [-0.15, -0.1) is 0 Å². The number of rotatable bonds is 12. The van der Waals surface area contributed by atoms with Gasteiger partial charge in [0.15, 0.2) is 5.78 Å². The molecule has 5 heteroatoms. The third-order valence-corrected chi connectivity index (χ3v) is 4.78. The van der Waals surface area contributed by atoms with Gasteiger partial charge in [0.05, 0.1) is 12.2 Å². The van der Waals surface area contributed by atoms with E-state index in [4.69, 9.17) is 5.11 Å². The van der Waals surface area contributed by atoms with Crippen molar-refractivity contribution in [3.05, 3.63) is 24.3 Å². The van der Waals surface area contributed by atoms with Crippen LogP contribution in [0.5, 0.6) is 0 Å². The molecule has 1 aliphatic carbocycles. The lowest BCUT2D eigenvalue weighted by Crippen LogP contribution is -2.20. The summed E-state index contributed by atoms with van der Waals surface area (Å²) in [5.41, 5.74) is 0. The summed E-state index contributed by atoms with van der Waals surface area (Å²) < 4.78 is 0. The zero-order valence-electron chi connectivity index (χ0n) is 15.1. The standard InChI is InChI=1S/C20H32O5/c1-2-3-6-9-15(21)12-13-17-16(18(22)14-19(17)23)10-7-4-5-8-11-20(24)25/h4,7,12-13,16-19,22-23H,2-3,5-6,8-11,14H2,1H3,(H,24,25)/b7-4-,13-12-/t16-,17-,18+,19+/m1/s1. The van der Waals surface area contributed by atoms with E-state index in [2.05, 4.69) is 6.92 Å². The molecule has 25 heavy (non-hydrogen) atoms. The summed E-state index contributed by atoms with van der Waals surface area (Å²) in [7, 11) is 0. The summed E-state index contributed by atoms with van der Waals surface area (Å²) in [5, 5.41) is 28.9. The van der Waals surface area contributed by atoms with Crippen LogP contribution in [0.3, 0.4) is 0 Å². The second kappa shape index (κ2) is 12.0. The molecule has 0 bridgehead atoms. The Morgan fingerprint density at radius 1 is 1.04 bits per heavy atom. The molecule has 1 fully saturated rings. The molecule has 0 aliphatic heterocycles. The first-order chi connectivity index (χ1) is 12.0. The minimum Gasteiger partial charge on any atom is -0.481 e. The number of allylic oxidation sites excluding steroid dienone is 3. The number of ketones is 1. The SMILES string of the molecule is CCCCCC(=O)/C=C\[C@@H]1[C@@H](C/C=C\CCCC(=O)O)[C@@H](O)C[C@@H]1O. The minimum absolute atomic E-state index is 0.0741. The fraction of sp³-hybridized carbons (Fsp3) is 0.700. The van der Waals surface area contributed by atoms with Crippen LogP contribution in [0.4, 0.5) is 0 Å². The fourth-order valence-electron chi connectivity index (χ4n) is 3.30. The van der Waals surface area contributed by atoms with E-state index in [0.717, 1.165) is 19.3 Å². The fourth-order valence-corrected chi connectivity index (χ4v) is 3.30. The van der Waals surface area contributed by atoms with Crippen molar-refractivity contribution >= 4 is 11.8 Å². The number of aliphatic carboxylic acids is 1. The third-order valence-electron chi connectivity index (χ3n) is 4.78. The van der Waals surface area contributed by atoms with Crippen molar-refractivity contribution in [2.24, 2.45) is 11.8 Å². The number of carbonyl (C=O) groups is 2. The van der Waals surface area contributed by atoms with Crippen LogP contribution in [0.1, 0.15) is 64.7 Å². The van der Waals surface area contributed by atoms with Crippen LogP contribution >= 0.6 is 0 Å². The summed E-state index contributed by atoms with van der Waals surface area (Å²) in [6.07, 6.45) is 11.9. The van der Waals surface area contributed by atoms with Gasteiger partial charge in [-0.05, 0) is 37.7 Å².